The molecule has 0 radical (unpaired) electrons. The van der Waals surface area contributed by atoms with Gasteiger partial charge in [-0.15, -0.1) is 0 Å². The topological polar surface area (TPSA) is 300 Å². The number of aryl methyl sites for hydroxylation is 1. The predicted octanol–water partition coefficient (Wildman–Crippen LogP) is 8.33. The van der Waals surface area contributed by atoms with Crippen LogP contribution in [0.1, 0.15) is 142 Å². The van der Waals surface area contributed by atoms with Crippen LogP contribution in [0, 0.1) is 23.2 Å². The van der Waals surface area contributed by atoms with Gasteiger partial charge in [0.1, 0.15) is 24.7 Å². The summed E-state index contributed by atoms with van der Waals surface area (Å²) in [5.74, 6) is -4.74. The lowest BCUT2D eigenvalue weighted by Crippen LogP contribution is -2.61. The number of carboxylic acid groups (broad SMARTS) is 1. The standard InChI is InChI=1S/C68H96N10O11/c1-15-47-22-17-18-24-49(47)40-78(53-26-20-19-23-48(53)16-2)56(80)36-35-55(79)75-57(43(5)6)61(82)74-52(25-21-37-71-65(69)87)60(81)73-51-33-29-46(30-34-51)41-89-66(88)72-39-45-27-31-50(32-28-45)68(11,12)58(70-13)62(83)76-59(67(8,9)10)63(84)77(14)54(42(3)4)38-44(7)64(85)86/h15,17-20,22-24,26-34,42-44,52,54,57-59,70H,1,16,21,25,35-41H2,2-14H3,(H,72,88)(H,73,81)(H,74,82)(H,75,79)(H,76,83)(H,85,86)(H3,69,71,87)/t44?,52-,54+,57-,58?,59+/m0/s1. The minimum absolute atomic E-state index is 0.0317. The molecule has 0 aliphatic heterocycles. The van der Waals surface area contributed by atoms with Crippen LogP contribution in [-0.4, -0.2) is 114 Å². The molecule has 0 bridgehead atoms. The van der Waals surface area contributed by atoms with Gasteiger partial charge in [0.05, 0.1) is 18.5 Å². The van der Waals surface area contributed by atoms with E-state index in [0.29, 0.717) is 17.7 Å². The number of likely N-dealkylation sites (N-methyl/N-ethyl adjacent to an activating group) is 2. The van der Waals surface area contributed by atoms with Gasteiger partial charge in [0.2, 0.25) is 35.4 Å². The summed E-state index contributed by atoms with van der Waals surface area (Å²) in [4.78, 5) is 123. The number of benzene rings is 4. The fourth-order valence-corrected chi connectivity index (χ4v) is 10.5. The molecule has 10 N–H and O–H groups in total. The first-order valence-corrected chi connectivity index (χ1v) is 30.5. The van der Waals surface area contributed by atoms with E-state index < -0.39 is 82.6 Å². The summed E-state index contributed by atoms with van der Waals surface area (Å²) in [6.07, 6.45) is 2.00. The van der Waals surface area contributed by atoms with Gasteiger partial charge in [-0.25, -0.2) is 9.59 Å². The van der Waals surface area contributed by atoms with Crippen LogP contribution in [0.2, 0.25) is 0 Å². The molecule has 0 aliphatic rings. The molecule has 21 nitrogen and oxygen atoms in total. The number of ether oxygens (including phenoxy) is 1. The first-order valence-electron chi connectivity index (χ1n) is 30.5. The predicted molar refractivity (Wildman–Crippen MR) is 347 cm³/mol. The molecular weight excluding hydrogens is 1130 g/mol. The van der Waals surface area contributed by atoms with Gasteiger partial charge >= 0.3 is 18.1 Å². The molecule has 0 saturated carbocycles. The number of hydrogen-bond donors (Lipinski definition) is 9. The number of alkyl carbamates (subject to hydrolysis) is 1. The number of carbonyl (C=O) groups excluding carboxylic acids is 8. The molecule has 484 valence electrons. The number of urea groups is 1. The van der Waals surface area contributed by atoms with Gasteiger partial charge < -0.3 is 62.6 Å². The molecular formula is C68H96N10O11. The van der Waals surface area contributed by atoms with E-state index in [1.54, 1.807) is 75.0 Å². The van der Waals surface area contributed by atoms with E-state index in [2.05, 4.69) is 43.8 Å². The van der Waals surface area contributed by atoms with Gasteiger partial charge in [0.15, 0.2) is 0 Å². The summed E-state index contributed by atoms with van der Waals surface area (Å²) in [6.45, 7) is 24.8. The van der Waals surface area contributed by atoms with Crippen molar-refractivity contribution in [2.24, 2.45) is 28.9 Å². The lowest BCUT2D eigenvalue weighted by molar-refractivity contribution is -0.145. The first-order chi connectivity index (χ1) is 41.9. The molecule has 4 rings (SSSR count). The number of hydrogen-bond acceptors (Lipinski definition) is 11. The molecule has 89 heavy (non-hydrogen) atoms. The van der Waals surface area contributed by atoms with Crippen LogP contribution in [0.15, 0.2) is 104 Å². The quantitative estimate of drug-likeness (QED) is 0.0203. The van der Waals surface area contributed by atoms with Crippen LogP contribution in [0.25, 0.3) is 6.08 Å². The Kier molecular flexibility index (Phi) is 28.0. The minimum Gasteiger partial charge on any atom is -0.481 e. The van der Waals surface area contributed by atoms with Crippen LogP contribution in [0.4, 0.5) is 21.0 Å². The Morgan fingerprint density at radius 3 is 1.91 bits per heavy atom. The molecule has 4 aromatic carbocycles. The van der Waals surface area contributed by atoms with E-state index in [0.717, 1.165) is 33.5 Å². The Balaban J connectivity index is 1.34. The van der Waals surface area contributed by atoms with Crippen molar-refractivity contribution in [2.75, 3.05) is 30.9 Å². The van der Waals surface area contributed by atoms with Crippen molar-refractivity contribution in [3.8, 4) is 0 Å². The third kappa shape index (κ3) is 21.9. The summed E-state index contributed by atoms with van der Waals surface area (Å²) >= 11 is 0. The summed E-state index contributed by atoms with van der Waals surface area (Å²) < 4.78 is 5.50. The molecule has 2 unspecified atom stereocenters. The van der Waals surface area contributed by atoms with E-state index in [1.807, 2.05) is 128 Å². The fourth-order valence-electron chi connectivity index (χ4n) is 10.5. The average molecular weight is 1230 g/mol. The van der Waals surface area contributed by atoms with E-state index >= 15 is 0 Å². The first kappa shape index (κ1) is 72.9. The Hall–Kier alpha value is -8.59. The van der Waals surface area contributed by atoms with Crippen LogP contribution in [0.3, 0.4) is 0 Å². The van der Waals surface area contributed by atoms with Gasteiger partial charge in [0, 0.05) is 55.8 Å². The van der Waals surface area contributed by atoms with Gasteiger partial charge in [-0.05, 0) is 102 Å². The van der Waals surface area contributed by atoms with Crippen molar-refractivity contribution in [2.45, 2.75) is 170 Å². The van der Waals surface area contributed by atoms with Crippen molar-refractivity contribution in [1.82, 2.24) is 36.8 Å². The molecule has 0 aromatic heterocycles. The molecule has 0 spiro atoms. The maximum absolute atomic E-state index is 14.2. The fraction of sp³-hybridized carbons (Fsp3) is 0.485. The second-order valence-electron chi connectivity index (χ2n) is 24.9. The number of nitrogens with zero attached hydrogens (tertiary/aromatic N) is 2. The normalized spacial score (nSPS) is 13.5. The van der Waals surface area contributed by atoms with Crippen molar-refractivity contribution in [3.63, 3.8) is 0 Å². The van der Waals surface area contributed by atoms with Gasteiger partial charge in [-0.3, -0.25) is 33.6 Å². The molecule has 21 heteroatoms. The van der Waals surface area contributed by atoms with E-state index in [4.69, 9.17) is 10.5 Å². The number of amides is 9. The van der Waals surface area contributed by atoms with E-state index in [9.17, 15) is 48.3 Å². The molecule has 0 heterocycles. The number of aliphatic carboxylic acids is 1. The Bertz CT molecular complexity index is 3070. The summed E-state index contributed by atoms with van der Waals surface area (Å²) in [7, 11) is 3.34. The number of nitrogens with one attached hydrogen (secondary N) is 7. The summed E-state index contributed by atoms with van der Waals surface area (Å²) in [6, 6.07) is 24.3. The molecule has 6 atom stereocenters. The number of para-hydroxylation sites is 1. The Morgan fingerprint density at radius 1 is 0.719 bits per heavy atom. The lowest BCUT2D eigenvalue weighted by atomic mass is 9.76. The van der Waals surface area contributed by atoms with Crippen LogP contribution in [0.5, 0.6) is 0 Å². The highest BCUT2D eigenvalue weighted by Gasteiger charge is 2.42. The minimum atomic E-state index is -1.11. The lowest BCUT2D eigenvalue weighted by Gasteiger charge is -2.40. The summed E-state index contributed by atoms with van der Waals surface area (Å²) in [5, 5.41) is 29.4. The Labute approximate surface area is 525 Å². The van der Waals surface area contributed by atoms with Crippen LogP contribution < -0.4 is 47.9 Å². The van der Waals surface area contributed by atoms with Crippen molar-refractivity contribution >= 4 is 71.0 Å². The zero-order valence-corrected chi connectivity index (χ0v) is 54.2. The highest BCUT2D eigenvalue weighted by atomic mass is 16.5. The van der Waals surface area contributed by atoms with Crippen LogP contribution >= 0.6 is 0 Å². The van der Waals surface area contributed by atoms with Crippen molar-refractivity contribution in [1.29, 1.82) is 0 Å². The number of nitrogens with two attached hydrogens (primary N) is 1. The van der Waals surface area contributed by atoms with Gasteiger partial charge in [-0.2, -0.15) is 0 Å². The second kappa shape index (κ2) is 34.2. The molecule has 9 amide bonds. The number of anilines is 2. The van der Waals surface area contributed by atoms with Gasteiger partial charge in [-0.1, -0.05) is 168 Å². The molecule has 0 fully saturated rings. The smallest absolute Gasteiger partial charge is 0.407 e. The maximum Gasteiger partial charge on any atom is 0.407 e. The maximum atomic E-state index is 14.2. The third-order valence-corrected chi connectivity index (χ3v) is 16.0. The van der Waals surface area contributed by atoms with E-state index in [-0.39, 0.29) is 88.0 Å². The number of carboxylic acids is 1. The third-order valence-electron chi connectivity index (χ3n) is 16.0. The van der Waals surface area contributed by atoms with E-state index in [1.165, 1.54) is 0 Å². The molecule has 0 saturated heterocycles. The number of primary amides is 1. The highest BCUT2D eigenvalue weighted by molar-refractivity contribution is 5.99. The van der Waals surface area contributed by atoms with Gasteiger partial charge in [0.25, 0.3) is 0 Å². The molecule has 0 aliphatic carbocycles. The SMILES string of the molecule is C=Cc1ccccc1CN(C(=O)CCC(=O)N[C@H](C(=O)N[C@@H](CCCNC(N)=O)C(=O)Nc1ccc(COC(=O)NCc2ccc(C(C)(C)C(NC)C(=O)N[C@H](C(=O)N(C)[C@H](CC(C)C(=O)O)C(C)C)C(C)(C)C)cc2)cc1)C(C)C)c1ccccc1CC. The average Bonchev–Trinajstić information content (AvgIpc) is 1.31. The largest absolute Gasteiger partial charge is 0.481 e. The highest BCUT2D eigenvalue weighted by Crippen LogP contribution is 2.31. The monoisotopic (exact) mass is 1230 g/mol. The van der Waals surface area contributed by atoms with Crippen molar-refractivity contribution < 1.29 is 53.0 Å². The zero-order valence-electron chi connectivity index (χ0n) is 54.2. The molecule has 4 aromatic rings. The van der Waals surface area contributed by atoms with Crippen molar-refractivity contribution in [3.05, 3.63) is 137 Å². The summed E-state index contributed by atoms with van der Waals surface area (Å²) in [5.41, 5.74) is 9.84. The zero-order chi connectivity index (χ0) is 66.3. The number of carbonyl (C=O) groups is 9. The van der Waals surface area contributed by atoms with Crippen LogP contribution in [-0.2, 0) is 69.8 Å². The second-order valence-corrected chi connectivity index (χ2v) is 24.9. The Morgan fingerprint density at radius 2 is 1.34 bits per heavy atom. The number of rotatable bonds is 33.